The predicted molar refractivity (Wildman–Crippen MR) is 73.0 cm³/mol. The van der Waals surface area contributed by atoms with Crippen LogP contribution in [0.1, 0.15) is 9.67 Å². The fourth-order valence-electron chi connectivity index (χ4n) is 2.09. The lowest BCUT2D eigenvalue weighted by molar-refractivity contribution is 0.0306. The van der Waals surface area contributed by atoms with Crippen LogP contribution >= 0.6 is 11.3 Å². The summed E-state index contributed by atoms with van der Waals surface area (Å²) in [5.74, 6) is 0.0954. The van der Waals surface area contributed by atoms with E-state index >= 15 is 0 Å². The molecule has 94 valence electrons. The van der Waals surface area contributed by atoms with E-state index in [1.807, 2.05) is 29.2 Å². The highest BCUT2D eigenvalue weighted by Crippen LogP contribution is 2.28. The van der Waals surface area contributed by atoms with E-state index < -0.39 is 0 Å². The molecule has 0 aliphatic carbocycles. The second-order valence-electron chi connectivity index (χ2n) is 4.31. The molecular weight excluding hydrogens is 248 g/mol. The van der Waals surface area contributed by atoms with Gasteiger partial charge >= 0.3 is 0 Å². The number of carbonyl (C=O) groups excluding carboxylic acids is 1. The number of nitrogen functional groups attached to an aromatic ring is 1. The Kier molecular flexibility index (Phi) is 2.93. The number of fused-ring (bicyclic) bond motifs is 1. The van der Waals surface area contributed by atoms with Gasteiger partial charge in [0.15, 0.2) is 0 Å². The molecule has 0 spiro atoms. The van der Waals surface area contributed by atoms with Gasteiger partial charge in [0.2, 0.25) is 0 Å². The number of carbonyl (C=O) groups is 1. The second-order valence-corrected chi connectivity index (χ2v) is 5.40. The van der Waals surface area contributed by atoms with Crippen molar-refractivity contribution in [1.82, 2.24) is 4.90 Å². The number of hydrogen-bond acceptors (Lipinski definition) is 4. The molecule has 1 saturated heterocycles. The fourth-order valence-corrected chi connectivity index (χ4v) is 3.10. The third-order valence-electron chi connectivity index (χ3n) is 3.05. The van der Waals surface area contributed by atoms with Crippen molar-refractivity contribution in [2.75, 3.05) is 32.0 Å². The fraction of sp³-hybridized carbons (Fsp3) is 0.308. The minimum absolute atomic E-state index is 0.0954. The number of rotatable bonds is 1. The van der Waals surface area contributed by atoms with E-state index in [1.54, 1.807) is 0 Å². The van der Waals surface area contributed by atoms with Gasteiger partial charge in [-0.1, -0.05) is 0 Å². The van der Waals surface area contributed by atoms with Crippen LogP contribution in [-0.4, -0.2) is 37.1 Å². The molecule has 2 N–H and O–H groups in total. The summed E-state index contributed by atoms with van der Waals surface area (Å²) in [6.07, 6.45) is 0. The van der Waals surface area contributed by atoms with Crippen LogP contribution in [0.5, 0.6) is 0 Å². The van der Waals surface area contributed by atoms with E-state index in [4.69, 9.17) is 10.5 Å². The lowest BCUT2D eigenvalue weighted by Crippen LogP contribution is -2.40. The summed E-state index contributed by atoms with van der Waals surface area (Å²) >= 11 is 1.52. The average Bonchev–Trinajstić information content (AvgIpc) is 2.81. The summed E-state index contributed by atoms with van der Waals surface area (Å²) in [5.41, 5.74) is 6.47. The van der Waals surface area contributed by atoms with Crippen LogP contribution in [0.15, 0.2) is 24.3 Å². The topological polar surface area (TPSA) is 55.6 Å². The van der Waals surface area contributed by atoms with Gasteiger partial charge in [0.25, 0.3) is 5.91 Å². The van der Waals surface area contributed by atoms with Gasteiger partial charge in [-0.15, -0.1) is 11.3 Å². The molecular formula is C13H14N2O2S. The van der Waals surface area contributed by atoms with Crippen LogP contribution in [0.2, 0.25) is 0 Å². The Bertz CT molecular complexity index is 588. The lowest BCUT2D eigenvalue weighted by atomic mass is 10.2. The zero-order valence-electron chi connectivity index (χ0n) is 9.89. The van der Waals surface area contributed by atoms with Gasteiger partial charge in [0, 0.05) is 23.5 Å². The monoisotopic (exact) mass is 262 g/mol. The van der Waals surface area contributed by atoms with E-state index in [9.17, 15) is 4.79 Å². The highest BCUT2D eigenvalue weighted by molar-refractivity contribution is 7.20. The number of nitrogens with zero attached hydrogens (tertiary/aromatic N) is 1. The van der Waals surface area contributed by atoms with E-state index in [1.165, 1.54) is 11.3 Å². The van der Waals surface area contributed by atoms with E-state index in [0.29, 0.717) is 26.3 Å². The zero-order chi connectivity index (χ0) is 12.5. The Morgan fingerprint density at radius 1 is 1.28 bits per heavy atom. The molecule has 1 fully saturated rings. The molecule has 0 bridgehead atoms. The molecule has 0 saturated carbocycles. The van der Waals surface area contributed by atoms with Gasteiger partial charge in [-0.3, -0.25) is 4.79 Å². The normalized spacial score (nSPS) is 16.1. The van der Waals surface area contributed by atoms with Crippen molar-refractivity contribution < 1.29 is 9.53 Å². The summed E-state index contributed by atoms with van der Waals surface area (Å²) in [5, 5.41) is 1.04. The Morgan fingerprint density at radius 3 is 2.83 bits per heavy atom. The van der Waals surface area contributed by atoms with E-state index in [-0.39, 0.29) is 5.91 Å². The molecule has 2 heterocycles. The summed E-state index contributed by atoms with van der Waals surface area (Å²) in [6, 6.07) is 7.66. The first-order chi connectivity index (χ1) is 8.74. The minimum atomic E-state index is 0.0954. The number of thiophene rings is 1. The lowest BCUT2D eigenvalue weighted by Gasteiger charge is -2.26. The first-order valence-electron chi connectivity index (χ1n) is 5.90. The van der Waals surface area contributed by atoms with E-state index in [2.05, 4.69) is 0 Å². The summed E-state index contributed by atoms with van der Waals surface area (Å²) in [6.45, 7) is 2.61. The van der Waals surface area contributed by atoms with Crippen LogP contribution in [0.3, 0.4) is 0 Å². The maximum absolute atomic E-state index is 12.3. The molecule has 3 rings (SSSR count). The molecule has 2 aromatic rings. The van der Waals surface area contributed by atoms with Crippen molar-refractivity contribution in [2.24, 2.45) is 0 Å². The van der Waals surface area contributed by atoms with Gasteiger partial charge in [-0.2, -0.15) is 0 Å². The first kappa shape index (κ1) is 11.5. The Balaban J connectivity index is 1.91. The van der Waals surface area contributed by atoms with Gasteiger partial charge in [-0.05, 0) is 29.7 Å². The Labute approximate surface area is 109 Å². The standard InChI is InChI=1S/C13H14N2O2S/c14-10-1-2-11-9(7-10)8-12(18-11)13(16)15-3-5-17-6-4-15/h1-2,7-8H,3-6,14H2. The van der Waals surface area contributed by atoms with Crippen LogP contribution < -0.4 is 5.73 Å². The molecule has 0 unspecified atom stereocenters. The number of nitrogens with two attached hydrogens (primary N) is 1. The van der Waals surface area contributed by atoms with Crippen molar-refractivity contribution in [3.63, 3.8) is 0 Å². The van der Waals surface area contributed by atoms with Crippen molar-refractivity contribution in [1.29, 1.82) is 0 Å². The largest absolute Gasteiger partial charge is 0.399 e. The predicted octanol–water partition coefficient (Wildman–Crippen LogP) is 1.96. The summed E-state index contributed by atoms with van der Waals surface area (Å²) in [4.78, 5) is 14.9. The minimum Gasteiger partial charge on any atom is -0.399 e. The summed E-state index contributed by atoms with van der Waals surface area (Å²) in [7, 11) is 0. The average molecular weight is 262 g/mol. The third-order valence-corrected chi connectivity index (χ3v) is 4.15. The van der Waals surface area contributed by atoms with Crippen LogP contribution in [-0.2, 0) is 4.74 Å². The maximum atomic E-state index is 12.3. The molecule has 1 amide bonds. The molecule has 0 atom stereocenters. The highest BCUT2D eigenvalue weighted by Gasteiger charge is 2.20. The Morgan fingerprint density at radius 2 is 2.06 bits per heavy atom. The summed E-state index contributed by atoms with van der Waals surface area (Å²) < 4.78 is 6.35. The van der Waals surface area contributed by atoms with Crippen LogP contribution in [0.4, 0.5) is 5.69 Å². The second kappa shape index (κ2) is 4.59. The molecule has 4 nitrogen and oxygen atoms in total. The first-order valence-corrected chi connectivity index (χ1v) is 6.72. The molecule has 0 radical (unpaired) electrons. The highest BCUT2D eigenvalue weighted by atomic mass is 32.1. The number of benzene rings is 1. The molecule has 18 heavy (non-hydrogen) atoms. The van der Waals surface area contributed by atoms with Crippen LogP contribution in [0.25, 0.3) is 10.1 Å². The maximum Gasteiger partial charge on any atom is 0.264 e. The van der Waals surface area contributed by atoms with E-state index in [0.717, 1.165) is 20.7 Å². The van der Waals surface area contributed by atoms with Gasteiger partial charge in [0.05, 0.1) is 18.1 Å². The molecule has 1 aliphatic rings. The smallest absolute Gasteiger partial charge is 0.264 e. The van der Waals surface area contributed by atoms with Crippen molar-refractivity contribution in [3.8, 4) is 0 Å². The van der Waals surface area contributed by atoms with Gasteiger partial charge in [0.1, 0.15) is 0 Å². The molecule has 1 aromatic carbocycles. The number of amides is 1. The SMILES string of the molecule is Nc1ccc2sc(C(=O)N3CCOCC3)cc2c1. The van der Waals surface area contributed by atoms with Gasteiger partial charge < -0.3 is 15.4 Å². The molecule has 1 aromatic heterocycles. The number of ether oxygens (including phenoxy) is 1. The zero-order valence-corrected chi connectivity index (χ0v) is 10.7. The van der Waals surface area contributed by atoms with Crippen molar-refractivity contribution in [2.45, 2.75) is 0 Å². The van der Waals surface area contributed by atoms with Crippen molar-refractivity contribution in [3.05, 3.63) is 29.1 Å². The Hall–Kier alpha value is -1.59. The van der Waals surface area contributed by atoms with Crippen LogP contribution in [0, 0.1) is 0 Å². The number of hydrogen-bond donors (Lipinski definition) is 1. The number of morpholine rings is 1. The molecule has 1 aliphatic heterocycles. The van der Waals surface area contributed by atoms with Gasteiger partial charge in [-0.25, -0.2) is 0 Å². The quantitative estimate of drug-likeness (QED) is 0.799. The third kappa shape index (κ3) is 2.07. The molecule has 5 heteroatoms. The van der Waals surface area contributed by atoms with Crippen molar-refractivity contribution >= 4 is 33.0 Å². The number of anilines is 1.